The Bertz CT molecular complexity index is 320. The van der Waals surface area contributed by atoms with E-state index in [1.165, 1.54) is 7.11 Å². The molecule has 0 aromatic carbocycles. The number of aliphatic carboxylic acids is 1. The van der Waals surface area contributed by atoms with Crippen molar-refractivity contribution in [2.75, 3.05) is 40.0 Å². The molecule has 1 rings (SSSR count). The molecule has 0 radical (unpaired) electrons. The van der Waals surface area contributed by atoms with Gasteiger partial charge >= 0.3 is 11.9 Å². The summed E-state index contributed by atoms with van der Waals surface area (Å²) in [4.78, 5) is 24.2. The summed E-state index contributed by atoms with van der Waals surface area (Å²) in [5.74, 6) is -1.69. The number of carboxylic acid groups (broad SMARTS) is 1. The fourth-order valence-corrected chi connectivity index (χ4v) is 1.83. The largest absolute Gasteiger partial charge is 0.478 e. The lowest BCUT2D eigenvalue weighted by molar-refractivity contribution is -0.137. The number of morpholine rings is 1. The Morgan fingerprint density at radius 1 is 1.39 bits per heavy atom. The Morgan fingerprint density at radius 3 is 2.61 bits per heavy atom. The third kappa shape index (κ3) is 5.29. The van der Waals surface area contributed by atoms with Gasteiger partial charge in [0.05, 0.1) is 20.3 Å². The maximum absolute atomic E-state index is 11.3. The molecule has 102 valence electrons. The summed E-state index contributed by atoms with van der Waals surface area (Å²) >= 11 is 0. The minimum absolute atomic E-state index is 0.207. The van der Waals surface area contributed by atoms with Crippen LogP contribution in [0.25, 0.3) is 0 Å². The van der Waals surface area contributed by atoms with Crippen molar-refractivity contribution >= 4 is 11.9 Å². The highest BCUT2D eigenvalue weighted by Crippen LogP contribution is 2.09. The van der Waals surface area contributed by atoms with Crippen LogP contribution in [0.4, 0.5) is 0 Å². The zero-order valence-corrected chi connectivity index (χ0v) is 10.6. The van der Waals surface area contributed by atoms with E-state index in [1.807, 2.05) is 0 Å². The predicted molar refractivity (Wildman–Crippen MR) is 64.2 cm³/mol. The Balaban J connectivity index is 2.37. The number of carboxylic acids is 1. The van der Waals surface area contributed by atoms with Gasteiger partial charge in [0.1, 0.15) is 0 Å². The second-order valence-corrected chi connectivity index (χ2v) is 4.06. The van der Waals surface area contributed by atoms with E-state index < -0.39 is 11.9 Å². The lowest BCUT2D eigenvalue weighted by atomic mass is 10.1. The van der Waals surface area contributed by atoms with E-state index in [0.29, 0.717) is 6.42 Å². The zero-order valence-electron chi connectivity index (χ0n) is 10.6. The lowest BCUT2D eigenvalue weighted by Crippen LogP contribution is -2.36. The van der Waals surface area contributed by atoms with Crippen molar-refractivity contribution in [3.8, 4) is 0 Å². The lowest BCUT2D eigenvalue weighted by Gasteiger charge is -2.26. The van der Waals surface area contributed by atoms with Gasteiger partial charge in [-0.1, -0.05) is 0 Å². The van der Waals surface area contributed by atoms with Gasteiger partial charge < -0.3 is 14.6 Å². The third-order valence-corrected chi connectivity index (χ3v) is 2.77. The van der Waals surface area contributed by atoms with Crippen molar-refractivity contribution in [1.29, 1.82) is 0 Å². The van der Waals surface area contributed by atoms with Gasteiger partial charge in [-0.25, -0.2) is 9.59 Å². The molecule has 0 aromatic rings. The van der Waals surface area contributed by atoms with Crippen LogP contribution in [-0.2, 0) is 19.1 Å². The summed E-state index contributed by atoms with van der Waals surface area (Å²) in [5.41, 5.74) is 0.207. The number of nitrogens with zero attached hydrogens (tertiary/aromatic N) is 1. The SMILES string of the molecule is COC(=O)/C(=C/C(=O)O)CCCN1CCOCC1. The minimum atomic E-state index is -1.12. The molecule has 0 unspecified atom stereocenters. The van der Waals surface area contributed by atoms with Crippen molar-refractivity contribution in [2.45, 2.75) is 12.8 Å². The topological polar surface area (TPSA) is 76.1 Å². The van der Waals surface area contributed by atoms with Crippen molar-refractivity contribution in [3.63, 3.8) is 0 Å². The molecule has 0 aromatic heterocycles. The maximum atomic E-state index is 11.3. The van der Waals surface area contributed by atoms with Gasteiger partial charge in [0.2, 0.25) is 0 Å². The Labute approximate surface area is 106 Å². The molecule has 1 aliphatic heterocycles. The molecule has 1 N–H and O–H groups in total. The number of carbonyl (C=O) groups excluding carboxylic acids is 1. The molecule has 0 bridgehead atoms. The molecule has 0 saturated carbocycles. The van der Waals surface area contributed by atoms with Crippen molar-refractivity contribution in [3.05, 3.63) is 11.6 Å². The number of hydrogen-bond acceptors (Lipinski definition) is 5. The van der Waals surface area contributed by atoms with Crippen molar-refractivity contribution in [1.82, 2.24) is 4.90 Å². The summed E-state index contributed by atoms with van der Waals surface area (Å²) in [6.07, 6.45) is 2.07. The average molecular weight is 257 g/mol. The minimum Gasteiger partial charge on any atom is -0.478 e. The number of methoxy groups -OCH3 is 1. The first-order valence-corrected chi connectivity index (χ1v) is 5.95. The second-order valence-electron chi connectivity index (χ2n) is 4.06. The molecule has 0 spiro atoms. The number of carbonyl (C=O) groups is 2. The average Bonchev–Trinajstić information content (AvgIpc) is 2.37. The number of hydrogen-bond donors (Lipinski definition) is 1. The molecule has 1 fully saturated rings. The van der Waals surface area contributed by atoms with E-state index in [4.69, 9.17) is 9.84 Å². The summed E-state index contributed by atoms with van der Waals surface area (Å²) in [5, 5.41) is 8.67. The van der Waals surface area contributed by atoms with E-state index in [2.05, 4.69) is 9.64 Å². The van der Waals surface area contributed by atoms with Crippen LogP contribution >= 0.6 is 0 Å². The molecule has 18 heavy (non-hydrogen) atoms. The first-order chi connectivity index (χ1) is 8.63. The van der Waals surface area contributed by atoms with Gasteiger partial charge in [0, 0.05) is 24.7 Å². The van der Waals surface area contributed by atoms with Gasteiger partial charge in [-0.05, 0) is 19.4 Å². The summed E-state index contributed by atoms with van der Waals surface area (Å²) < 4.78 is 9.78. The van der Waals surface area contributed by atoms with Crippen LogP contribution in [0.5, 0.6) is 0 Å². The number of ether oxygens (including phenoxy) is 2. The summed E-state index contributed by atoms with van der Waals surface area (Å²) in [6.45, 7) is 4.06. The van der Waals surface area contributed by atoms with E-state index in [-0.39, 0.29) is 5.57 Å². The maximum Gasteiger partial charge on any atom is 0.333 e. The number of rotatable bonds is 6. The third-order valence-electron chi connectivity index (χ3n) is 2.77. The quantitative estimate of drug-likeness (QED) is 0.544. The van der Waals surface area contributed by atoms with Gasteiger partial charge in [-0.2, -0.15) is 0 Å². The van der Waals surface area contributed by atoms with E-state index in [0.717, 1.165) is 45.3 Å². The fraction of sp³-hybridized carbons (Fsp3) is 0.667. The van der Waals surface area contributed by atoms with Gasteiger partial charge in [0.15, 0.2) is 0 Å². The van der Waals surface area contributed by atoms with E-state index >= 15 is 0 Å². The zero-order chi connectivity index (χ0) is 13.4. The van der Waals surface area contributed by atoms with E-state index in [1.54, 1.807) is 0 Å². The molecule has 1 heterocycles. The van der Waals surface area contributed by atoms with Gasteiger partial charge in [-0.3, -0.25) is 4.90 Å². The Kier molecular flexibility index (Phi) is 6.38. The smallest absolute Gasteiger partial charge is 0.333 e. The Morgan fingerprint density at radius 2 is 2.06 bits per heavy atom. The van der Waals surface area contributed by atoms with Crippen LogP contribution < -0.4 is 0 Å². The molecule has 0 amide bonds. The first kappa shape index (κ1) is 14.7. The second kappa shape index (κ2) is 7.84. The first-order valence-electron chi connectivity index (χ1n) is 5.95. The molecule has 1 aliphatic rings. The molecule has 0 atom stereocenters. The molecule has 1 saturated heterocycles. The van der Waals surface area contributed by atoms with Crippen LogP contribution in [0.3, 0.4) is 0 Å². The molecule has 6 heteroatoms. The van der Waals surface area contributed by atoms with Crippen molar-refractivity contribution < 1.29 is 24.2 Å². The summed E-state index contributed by atoms with van der Waals surface area (Å²) in [7, 11) is 1.25. The molecular formula is C12H19NO5. The highest BCUT2D eigenvalue weighted by molar-refractivity contribution is 5.95. The van der Waals surface area contributed by atoms with Crippen LogP contribution in [0.2, 0.25) is 0 Å². The highest BCUT2D eigenvalue weighted by atomic mass is 16.5. The standard InChI is InChI=1S/C12H19NO5/c1-17-12(16)10(9-11(14)15)3-2-4-13-5-7-18-8-6-13/h9H,2-8H2,1H3,(H,14,15)/b10-9+. The van der Waals surface area contributed by atoms with Gasteiger partial charge in [0.25, 0.3) is 0 Å². The van der Waals surface area contributed by atoms with Crippen LogP contribution in [0, 0.1) is 0 Å². The summed E-state index contributed by atoms with van der Waals surface area (Å²) in [6, 6.07) is 0. The van der Waals surface area contributed by atoms with Crippen LogP contribution in [0.15, 0.2) is 11.6 Å². The van der Waals surface area contributed by atoms with Gasteiger partial charge in [-0.15, -0.1) is 0 Å². The van der Waals surface area contributed by atoms with Crippen LogP contribution in [0.1, 0.15) is 12.8 Å². The normalized spacial score (nSPS) is 17.5. The molecule has 6 nitrogen and oxygen atoms in total. The van der Waals surface area contributed by atoms with Crippen molar-refractivity contribution in [2.24, 2.45) is 0 Å². The van der Waals surface area contributed by atoms with E-state index in [9.17, 15) is 9.59 Å². The predicted octanol–water partition coefficient (Wildman–Crippen LogP) is 0.283. The monoisotopic (exact) mass is 257 g/mol. The molecule has 0 aliphatic carbocycles. The van der Waals surface area contributed by atoms with Crippen LogP contribution in [-0.4, -0.2) is 61.9 Å². The Hall–Kier alpha value is -1.40. The fourth-order valence-electron chi connectivity index (χ4n) is 1.83. The molecular weight excluding hydrogens is 238 g/mol. The highest BCUT2D eigenvalue weighted by Gasteiger charge is 2.14. The number of esters is 1.